The molecule has 0 spiro atoms. The number of aryl methyl sites for hydroxylation is 1. The molecule has 0 atom stereocenters. The number of hydrogen-bond donors (Lipinski definition) is 1. The van der Waals surface area contributed by atoms with E-state index in [0.717, 1.165) is 25.3 Å². The topological polar surface area (TPSA) is 21.3 Å². The SMILES string of the molecule is Cc1cccc(CNCc2cccc(OCCc3ccccc3)c2)c1. The maximum absolute atomic E-state index is 5.90. The summed E-state index contributed by atoms with van der Waals surface area (Å²) in [5.74, 6) is 0.936. The largest absolute Gasteiger partial charge is 0.493 e. The molecule has 0 saturated heterocycles. The van der Waals surface area contributed by atoms with E-state index < -0.39 is 0 Å². The molecule has 1 N–H and O–H groups in total. The van der Waals surface area contributed by atoms with Gasteiger partial charge in [0.15, 0.2) is 0 Å². The van der Waals surface area contributed by atoms with E-state index in [4.69, 9.17) is 4.74 Å². The number of hydrogen-bond acceptors (Lipinski definition) is 2. The number of benzene rings is 3. The Labute approximate surface area is 150 Å². The molecule has 0 aromatic heterocycles. The molecule has 3 aromatic rings. The molecule has 0 radical (unpaired) electrons. The van der Waals surface area contributed by atoms with E-state index in [1.165, 1.54) is 22.3 Å². The minimum absolute atomic E-state index is 0.699. The van der Waals surface area contributed by atoms with Crippen molar-refractivity contribution in [2.24, 2.45) is 0 Å². The standard InChI is InChI=1S/C23H25NO/c1-19-7-5-10-21(15-19)17-24-18-22-11-6-12-23(16-22)25-14-13-20-8-3-2-4-9-20/h2-12,15-16,24H,13-14,17-18H2,1H3. The van der Waals surface area contributed by atoms with Crippen LogP contribution in [0.15, 0.2) is 78.9 Å². The molecule has 0 unspecified atom stereocenters. The number of nitrogens with one attached hydrogen (secondary N) is 1. The smallest absolute Gasteiger partial charge is 0.119 e. The Morgan fingerprint density at radius 1 is 0.720 bits per heavy atom. The molecule has 128 valence electrons. The normalized spacial score (nSPS) is 10.6. The molecule has 0 bridgehead atoms. The Balaban J connectivity index is 1.46. The van der Waals surface area contributed by atoms with Gasteiger partial charge in [0.1, 0.15) is 5.75 Å². The molecule has 25 heavy (non-hydrogen) atoms. The zero-order chi connectivity index (χ0) is 17.3. The van der Waals surface area contributed by atoms with Crippen LogP contribution in [0.2, 0.25) is 0 Å². The van der Waals surface area contributed by atoms with Gasteiger partial charge in [-0.1, -0.05) is 72.3 Å². The summed E-state index contributed by atoms with van der Waals surface area (Å²) in [5, 5.41) is 3.50. The fourth-order valence-electron chi connectivity index (χ4n) is 2.85. The van der Waals surface area contributed by atoms with Gasteiger partial charge in [0.05, 0.1) is 6.61 Å². The van der Waals surface area contributed by atoms with E-state index in [1.807, 2.05) is 12.1 Å². The Kier molecular flexibility index (Phi) is 6.24. The van der Waals surface area contributed by atoms with Gasteiger partial charge in [-0.15, -0.1) is 0 Å². The first-order chi connectivity index (χ1) is 12.3. The van der Waals surface area contributed by atoms with Crippen LogP contribution in [0.1, 0.15) is 22.3 Å². The first-order valence-corrected chi connectivity index (χ1v) is 8.81. The highest BCUT2D eigenvalue weighted by Crippen LogP contribution is 2.14. The summed E-state index contributed by atoms with van der Waals surface area (Å²) in [6, 6.07) is 27.4. The lowest BCUT2D eigenvalue weighted by atomic mass is 10.1. The molecular formula is C23H25NO. The summed E-state index contributed by atoms with van der Waals surface area (Å²) in [7, 11) is 0. The predicted molar refractivity (Wildman–Crippen MR) is 104 cm³/mol. The van der Waals surface area contributed by atoms with Gasteiger partial charge in [0.2, 0.25) is 0 Å². The monoisotopic (exact) mass is 331 g/mol. The molecule has 3 aromatic carbocycles. The Bertz CT molecular complexity index is 783. The first-order valence-electron chi connectivity index (χ1n) is 8.81. The third-order valence-electron chi connectivity index (χ3n) is 4.14. The average Bonchev–Trinajstić information content (AvgIpc) is 2.63. The van der Waals surface area contributed by atoms with Gasteiger partial charge in [-0.2, -0.15) is 0 Å². The fraction of sp³-hybridized carbons (Fsp3) is 0.217. The van der Waals surface area contributed by atoms with Gasteiger partial charge in [-0.25, -0.2) is 0 Å². The van der Waals surface area contributed by atoms with Crippen LogP contribution < -0.4 is 10.1 Å². The fourth-order valence-corrected chi connectivity index (χ4v) is 2.85. The lowest BCUT2D eigenvalue weighted by Crippen LogP contribution is -2.12. The van der Waals surface area contributed by atoms with Crippen LogP contribution >= 0.6 is 0 Å². The summed E-state index contributed by atoms with van der Waals surface area (Å²) in [4.78, 5) is 0. The lowest BCUT2D eigenvalue weighted by Gasteiger charge is -2.09. The van der Waals surface area contributed by atoms with E-state index in [2.05, 4.69) is 79.0 Å². The quantitative estimate of drug-likeness (QED) is 0.633. The van der Waals surface area contributed by atoms with Crippen molar-refractivity contribution in [2.45, 2.75) is 26.4 Å². The van der Waals surface area contributed by atoms with E-state index in [9.17, 15) is 0 Å². The van der Waals surface area contributed by atoms with Crippen molar-refractivity contribution in [2.75, 3.05) is 6.61 Å². The molecule has 0 fully saturated rings. The van der Waals surface area contributed by atoms with Gasteiger partial charge in [0.25, 0.3) is 0 Å². The highest BCUT2D eigenvalue weighted by atomic mass is 16.5. The van der Waals surface area contributed by atoms with Crippen LogP contribution in [0.5, 0.6) is 5.75 Å². The van der Waals surface area contributed by atoms with Gasteiger partial charge >= 0.3 is 0 Å². The molecule has 0 amide bonds. The zero-order valence-electron chi connectivity index (χ0n) is 14.7. The molecule has 2 heteroatoms. The van der Waals surface area contributed by atoms with Gasteiger partial charge in [-0.3, -0.25) is 0 Å². The molecule has 0 heterocycles. The van der Waals surface area contributed by atoms with E-state index in [1.54, 1.807) is 0 Å². The predicted octanol–water partition coefficient (Wildman–Crippen LogP) is 4.91. The van der Waals surface area contributed by atoms with E-state index >= 15 is 0 Å². The van der Waals surface area contributed by atoms with Crippen molar-refractivity contribution >= 4 is 0 Å². The average molecular weight is 331 g/mol. The van der Waals surface area contributed by atoms with Crippen molar-refractivity contribution in [3.63, 3.8) is 0 Å². The van der Waals surface area contributed by atoms with Crippen molar-refractivity contribution in [1.29, 1.82) is 0 Å². The van der Waals surface area contributed by atoms with Crippen molar-refractivity contribution in [3.05, 3.63) is 101 Å². The lowest BCUT2D eigenvalue weighted by molar-refractivity contribution is 0.321. The minimum Gasteiger partial charge on any atom is -0.493 e. The van der Waals surface area contributed by atoms with Gasteiger partial charge in [0, 0.05) is 19.5 Å². The van der Waals surface area contributed by atoms with Crippen molar-refractivity contribution < 1.29 is 4.74 Å². The van der Waals surface area contributed by atoms with E-state index in [-0.39, 0.29) is 0 Å². The van der Waals surface area contributed by atoms with Crippen LogP contribution in [-0.2, 0) is 19.5 Å². The Morgan fingerprint density at radius 3 is 2.16 bits per heavy atom. The van der Waals surface area contributed by atoms with Crippen LogP contribution in [0.3, 0.4) is 0 Å². The van der Waals surface area contributed by atoms with Gasteiger partial charge in [-0.05, 0) is 35.7 Å². The Hall–Kier alpha value is -2.58. The molecule has 3 rings (SSSR count). The van der Waals surface area contributed by atoms with Crippen LogP contribution in [0, 0.1) is 6.92 Å². The molecule has 2 nitrogen and oxygen atoms in total. The van der Waals surface area contributed by atoms with Crippen LogP contribution in [0.25, 0.3) is 0 Å². The first kappa shape index (κ1) is 17.2. The molecule has 0 aliphatic rings. The Morgan fingerprint density at radius 2 is 1.40 bits per heavy atom. The maximum atomic E-state index is 5.90. The van der Waals surface area contributed by atoms with Crippen molar-refractivity contribution in [1.82, 2.24) is 5.32 Å². The maximum Gasteiger partial charge on any atom is 0.119 e. The van der Waals surface area contributed by atoms with Crippen LogP contribution in [-0.4, -0.2) is 6.61 Å². The molecule has 0 aliphatic heterocycles. The highest BCUT2D eigenvalue weighted by molar-refractivity contribution is 5.29. The third kappa shape index (κ3) is 5.77. The minimum atomic E-state index is 0.699. The van der Waals surface area contributed by atoms with Crippen LogP contribution in [0.4, 0.5) is 0 Å². The summed E-state index contributed by atoms with van der Waals surface area (Å²) in [6.07, 6.45) is 0.927. The summed E-state index contributed by atoms with van der Waals surface area (Å²) in [6.45, 7) is 4.54. The second-order valence-electron chi connectivity index (χ2n) is 6.32. The summed E-state index contributed by atoms with van der Waals surface area (Å²) in [5.41, 5.74) is 5.16. The van der Waals surface area contributed by atoms with Gasteiger partial charge < -0.3 is 10.1 Å². The van der Waals surface area contributed by atoms with Crippen molar-refractivity contribution in [3.8, 4) is 5.75 Å². The second kappa shape index (κ2) is 9.05. The molecule has 0 aliphatic carbocycles. The van der Waals surface area contributed by atoms with E-state index in [0.29, 0.717) is 6.61 Å². The zero-order valence-corrected chi connectivity index (χ0v) is 14.7. The summed E-state index contributed by atoms with van der Waals surface area (Å²) >= 11 is 0. The highest BCUT2D eigenvalue weighted by Gasteiger charge is 1.99. The second-order valence-corrected chi connectivity index (χ2v) is 6.32. The number of rotatable bonds is 8. The summed E-state index contributed by atoms with van der Waals surface area (Å²) < 4.78 is 5.90. The molecular weight excluding hydrogens is 306 g/mol. The number of ether oxygens (including phenoxy) is 1. The third-order valence-corrected chi connectivity index (χ3v) is 4.14. The molecule has 0 saturated carbocycles.